The lowest BCUT2D eigenvalue weighted by molar-refractivity contribution is -0.232. The van der Waals surface area contributed by atoms with Gasteiger partial charge < -0.3 is 29.2 Å². The van der Waals surface area contributed by atoms with Crippen LogP contribution in [0.5, 0.6) is 0 Å². The first-order chi connectivity index (χ1) is 10.5. The standard InChI is InChI=1S/C16H22O6/c1-16(2)21-14-13(19-9-10-6-4-3-5-7-10)12(11(18)8-17)20-15(14)22-16/h3-7,11-15,17-18H,8-9H2,1-2H3/t11-,12-,13?,14-,15-/m0/s1. The molecule has 1 aromatic rings. The Morgan fingerprint density at radius 1 is 1.23 bits per heavy atom. The molecule has 2 saturated heterocycles. The van der Waals surface area contributed by atoms with Gasteiger partial charge in [-0.1, -0.05) is 30.3 Å². The topological polar surface area (TPSA) is 77.4 Å². The van der Waals surface area contributed by atoms with Gasteiger partial charge in [0.25, 0.3) is 0 Å². The molecule has 2 aliphatic rings. The molecule has 0 aliphatic carbocycles. The van der Waals surface area contributed by atoms with Crippen molar-refractivity contribution in [1.82, 2.24) is 0 Å². The van der Waals surface area contributed by atoms with Crippen LogP contribution in [0.15, 0.2) is 30.3 Å². The van der Waals surface area contributed by atoms with Crippen LogP contribution in [0.25, 0.3) is 0 Å². The number of ether oxygens (including phenoxy) is 4. The largest absolute Gasteiger partial charge is 0.394 e. The predicted octanol–water partition coefficient (Wildman–Crippen LogP) is 0.801. The second-order valence-electron chi connectivity index (χ2n) is 6.08. The molecule has 5 atom stereocenters. The molecule has 2 aliphatic heterocycles. The van der Waals surface area contributed by atoms with E-state index in [9.17, 15) is 10.2 Å². The Bertz CT molecular complexity index is 491. The van der Waals surface area contributed by atoms with Gasteiger partial charge in [0.2, 0.25) is 0 Å². The second kappa shape index (κ2) is 6.23. The van der Waals surface area contributed by atoms with Gasteiger partial charge in [-0.3, -0.25) is 0 Å². The maximum atomic E-state index is 9.94. The molecule has 1 unspecified atom stereocenters. The third-order valence-electron chi connectivity index (χ3n) is 3.88. The molecule has 2 fully saturated rings. The molecule has 3 rings (SSSR count). The van der Waals surface area contributed by atoms with Crippen molar-refractivity contribution in [3.8, 4) is 0 Å². The summed E-state index contributed by atoms with van der Waals surface area (Å²) in [5, 5.41) is 19.1. The fraction of sp³-hybridized carbons (Fsp3) is 0.625. The summed E-state index contributed by atoms with van der Waals surface area (Å²) < 4.78 is 23.1. The fourth-order valence-electron chi connectivity index (χ4n) is 2.87. The molecule has 0 radical (unpaired) electrons. The summed E-state index contributed by atoms with van der Waals surface area (Å²) in [7, 11) is 0. The van der Waals surface area contributed by atoms with Crippen LogP contribution in [0.3, 0.4) is 0 Å². The average molecular weight is 310 g/mol. The van der Waals surface area contributed by atoms with Gasteiger partial charge in [-0.15, -0.1) is 0 Å². The first-order valence-corrected chi connectivity index (χ1v) is 7.46. The Balaban J connectivity index is 1.71. The number of hydrogen-bond acceptors (Lipinski definition) is 6. The van der Waals surface area contributed by atoms with E-state index >= 15 is 0 Å². The van der Waals surface area contributed by atoms with Crippen molar-refractivity contribution in [2.75, 3.05) is 6.61 Å². The summed E-state index contributed by atoms with van der Waals surface area (Å²) in [5.41, 5.74) is 1.02. The zero-order chi connectivity index (χ0) is 15.7. The summed E-state index contributed by atoms with van der Waals surface area (Å²) in [4.78, 5) is 0. The highest BCUT2D eigenvalue weighted by molar-refractivity contribution is 5.13. The lowest BCUT2D eigenvalue weighted by Gasteiger charge is -2.28. The normalized spacial score (nSPS) is 34.5. The zero-order valence-electron chi connectivity index (χ0n) is 12.7. The molecular weight excluding hydrogens is 288 g/mol. The minimum Gasteiger partial charge on any atom is -0.394 e. The van der Waals surface area contributed by atoms with Gasteiger partial charge in [0.05, 0.1) is 13.2 Å². The van der Waals surface area contributed by atoms with Crippen LogP contribution in [-0.2, 0) is 25.6 Å². The number of rotatable bonds is 5. The number of benzene rings is 1. The van der Waals surface area contributed by atoms with Gasteiger partial charge in [-0.2, -0.15) is 0 Å². The Labute approximate surface area is 129 Å². The van der Waals surface area contributed by atoms with Gasteiger partial charge in [-0.05, 0) is 19.4 Å². The van der Waals surface area contributed by atoms with Crippen LogP contribution < -0.4 is 0 Å². The summed E-state index contributed by atoms with van der Waals surface area (Å²) in [6.07, 6.45) is -3.25. The predicted molar refractivity (Wildman–Crippen MR) is 76.8 cm³/mol. The van der Waals surface area contributed by atoms with Gasteiger partial charge in [-0.25, -0.2) is 0 Å². The smallest absolute Gasteiger partial charge is 0.190 e. The summed E-state index contributed by atoms with van der Waals surface area (Å²) in [5.74, 6) is -0.751. The highest BCUT2D eigenvalue weighted by Crippen LogP contribution is 2.39. The maximum absolute atomic E-state index is 9.94. The highest BCUT2D eigenvalue weighted by atomic mass is 16.8. The minimum absolute atomic E-state index is 0.372. The number of hydrogen-bond donors (Lipinski definition) is 2. The summed E-state index contributed by atoms with van der Waals surface area (Å²) in [6.45, 7) is 3.58. The molecule has 122 valence electrons. The van der Waals surface area contributed by atoms with E-state index in [2.05, 4.69) is 0 Å². The van der Waals surface area contributed by atoms with Crippen molar-refractivity contribution < 1.29 is 29.2 Å². The van der Waals surface area contributed by atoms with Crippen molar-refractivity contribution >= 4 is 0 Å². The van der Waals surface area contributed by atoms with E-state index in [4.69, 9.17) is 18.9 Å². The van der Waals surface area contributed by atoms with Crippen LogP contribution in [0.1, 0.15) is 19.4 Å². The minimum atomic E-state index is -1.04. The van der Waals surface area contributed by atoms with Crippen molar-refractivity contribution in [1.29, 1.82) is 0 Å². The molecule has 0 saturated carbocycles. The molecule has 0 bridgehead atoms. The number of aliphatic hydroxyl groups excluding tert-OH is 2. The van der Waals surface area contributed by atoms with Crippen molar-refractivity contribution in [2.24, 2.45) is 0 Å². The van der Waals surface area contributed by atoms with Gasteiger partial charge in [0, 0.05) is 0 Å². The van der Waals surface area contributed by atoms with E-state index in [1.807, 2.05) is 30.3 Å². The van der Waals surface area contributed by atoms with Crippen LogP contribution >= 0.6 is 0 Å². The van der Waals surface area contributed by atoms with E-state index in [-0.39, 0.29) is 0 Å². The third kappa shape index (κ3) is 3.17. The lowest BCUT2D eigenvalue weighted by atomic mass is 10.1. The van der Waals surface area contributed by atoms with Crippen molar-refractivity contribution in [3.63, 3.8) is 0 Å². The average Bonchev–Trinajstić information content (AvgIpc) is 2.97. The van der Waals surface area contributed by atoms with Crippen LogP contribution in [0.2, 0.25) is 0 Å². The summed E-state index contributed by atoms with van der Waals surface area (Å²) >= 11 is 0. The molecule has 2 heterocycles. The third-order valence-corrected chi connectivity index (χ3v) is 3.88. The van der Waals surface area contributed by atoms with Crippen LogP contribution in [0.4, 0.5) is 0 Å². The molecular formula is C16H22O6. The zero-order valence-corrected chi connectivity index (χ0v) is 12.7. The van der Waals surface area contributed by atoms with Crippen molar-refractivity contribution in [3.05, 3.63) is 35.9 Å². The number of fused-ring (bicyclic) bond motifs is 1. The van der Waals surface area contributed by atoms with Gasteiger partial charge in [0.15, 0.2) is 12.1 Å². The second-order valence-corrected chi connectivity index (χ2v) is 6.08. The molecule has 0 aromatic heterocycles. The highest BCUT2D eigenvalue weighted by Gasteiger charge is 2.56. The van der Waals surface area contributed by atoms with Gasteiger partial charge >= 0.3 is 0 Å². The molecule has 0 amide bonds. The monoisotopic (exact) mass is 310 g/mol. The molecule has 6 heteroatoms. The first kappa shape index (κ1) is 15.9. The Morgan fingerprint density at radius 2 is 1.95 bits per heavy atom. The fourth-order valence-corrected chi connectivity index (χ4v) is 2.87. The molecule has 22 heavy (non-hydrogen) atoms. The Morgan fingerprint density at radius 3 is 2.64 bits per heavy atom. The maximum Gasteiger partial charge on any atom is 0.190 e. The Hall–Kier alpha value is -1.02. The van der Waals surface area contributed by atoms with E-state index in [1.54, 1.807) is 13.8 Å². The number of aliphatic hydroxyl groups is 2. The molecule has 0 spiro atoms. The molecule has 1 aromatic carbocycles. The first-order valence-electron chi connectivity index (χ1n) is 7.46. The molecule has 2 N–H and O–H groups in total. The summed E-state index contributed by atoms with van der Waals surface area (Å²) in [6, 6.07) is 9.73. The van der Waals surface area contributed by atoms with E-state index < -0.39 is 43.1 Å². The van der Waals surface area contributed by atoms with E-state index in [0.29, 0.717) is 6.61 Å². The SMILES string of the molecule is CC1(C)O[C@@H]2O[C@@H]([C@@H](O)CO)C(OCc3ccccc3)[C@@H]2O1. The van der Waals surface area contributed by atoms with E-state index in [1.165, 1.54) is 0 Å². The molecule has 6 nitrogen and oxygen atoms in total. The lowest BCUT2D eigenvalue weighted by Crippen LogP contribution is -2.44. The van der Waals surface area contributed by atoms with Gasteiger partial charge in [0.1, 0.15) is 24.4 Å². The van der Waals surface area contributed by atoms with Crippen LogP contribution in [-0.4, -0.2) is 53.3 Å². The van der Waals surface area contributed by atoms with Crippen molar-refractivity contribution in [2.45, 2.75) is 56.9 Å². The quantitative estimate of drug-likeness (QED) is 0.838. The van der Waals surface area contributed by atoms with E-state index in [0.717, 1.165) is 5.56 Å². The van der Waals surface area contributed by atoms with Crippen LogP contribution in [0, 0.1) is 0 Å². The Kier molecular flexibility index (Phi) is 4.49.